The van der Waals surface area contributed by atoms with Gasteiger partial charge in [0.2, 0.25) is 0 Å². The summed E-state index contributed by atoms with van der Waals surface area (Å²) in [5.74, 6) is 1.61. The van der Waals surface area contributed by atoms with Gasteiger partial charge in [0.05, 0.1) is 10.7 Å². The first-order chi connectivity index (χ1) is 16.2. The summed E-state index contributed by atoms with van der Waals surface area (Å²) in [7, 11) is 0. The molecule has 1 aliphatic heterocycles. The van der Waals surface area contributed by atoms with E-state index in [1.54, 1.807) is 11.3 Å². The molecule has 0 atom stereocenters. The van der Waals surface area contributed by atoms with E-state index >= 15 is 0 Å². The largest absolute Gasteiger partial charge is 0.356 e. The molecule has 170 valence electrons. The Bertz CT molecular complexity index is 1200. The summed E-state index contributed by atoms with van der Waals surface area (Å²) in [4.78, 5) is 9.66. The highest BCUT2D eigenvalue weighted by atomic mass is 32.1. The Morgan fingerprint density at radius 2 is 1.94 bits per heavy atom. The zero-order valence-electron chi connectivity index (χ0n) is 19.4. The molecule has 0 amide bonds. The molecule has 1 fully saturated rings. The van der Waals surface area contributed by atoms with E-state index in [0.29, 0.717) is 5.92 Å². The van der Waals surface area contributed by atoms with Crippen molar-refractivity contribution in [1.82, 2.24) is 10.3 Å². The molecular formula is C28H32N4S. The van der Waals surface area contributed by atoms with Crippen LogP contribution < -0.4 is 10.6 Å². The van der Waals surface area contributed by atoms with E-state index in [2.05, 4.69) is 58.3 Å². The number of nitrogens with one attached hydrogen (secondary N) is 2. The van der Waals surface area contributed by atoms with Crippen LogP contribution in [0.2, 0.25) is 0 Å². The second-order valence-corrected chi connectivity index (χ2v) is 10.7. The number of guanidine groups is 1. The molecule has 4 nitrogen and oxygen atoms in total. The number of anilines is 1. The van der Waals surface area contributed by atoms with Crippen LogP contribution in [-0.4, -0.2) is 24.0 Å². The quantitative estimate of drug-likeness (QED) is 0.479. The van der Waals surface area contributed by atoms with Crippen molar-refractivity contribution in [3.8, 4) is 11.3 Å². The maximum absolute atomic E-state index is 5.07. The molecule has 2 N–H and O–H groups in total. The number of hydrogen-bond acceptors (Lipinski definition) is 5. The van der Waals surface area contributed by atoms with Gasteiger partial charge in [-0.15, -0.1) is 11.3 Å². The zero-order chi connectivity index (χ0) is 22.2. The van der Waals surface area contributed by atoms with Crippen molar-refractivity contribution in [3.63, 3.8) is 0 Å². The Balaban J connectivity index is 1.25. The van der Waals surface area contributed by atoms with E-state index in [0.717, 1.165) is 37.6 Å². The minimum atomic E-state index is 0.697. The molecule has 2 aliphatic carbocycles. The molecule has 33 heavy (non-hydrogen) atoms. The third-order valence-electron chi connectivity index (χ3n) is 7.19. The molecule has 2 aromatic carbocycles. The van der Waals surface area contributed by atoms with E-state index in [1.165, 1.54) is 82.6 Å². The summed E-state index contributed by atoms with van der Waals surface area (Å²) in [6.07, 6.45) is 9.71. The van der Waals surface area contributed by atoms with Gasteiger partial charge in [0.25, 0.3) is 0 Å². The second kappa shape index (κ2) is 8.94. The molecule has 3 aliphatic rings. The molecule has 1 saturated carbocycles. The van der Waals surface area contributed by atoms with Gasteiger partial charge in [-0.25, -0.2) is 4.98 Å². The monoisotopic (exact) mass is 456 g/mol. The van der Waals surface area contributed by atoms with Crippen LogP contribution in [0.4, 0.5) is 5.69 Å². The lowest BCUT2D eigenvalue weighted by Gasteiger charge is -2.19. The van der Waals surface area contributed by atoms with E-state index < -0.39 is 0 Å². The van der Waals surface area contributed by atoms with Crippen molar-refractivity contribution in [2.24, 2.45) is 4.99 Å². The van der Waals surface area contributed by atoms with Gasteiger partial charge in [-0.3, -0.25) is 4.99 Å². The highest BCUT2D eigenvalue weighted by molar-refractivity contribution is 7.10. The first-order valence-electron chi connectivity index (χ1n) is 12.5. The Hall–Kier alpha value is -2.66. The van der Waals surface area contributed by atoms with Gasteiger partial charge in [0, 0.05) is 36.1 Å². The van der Waals surface area contributed by atoms with Crippen molar-refractivity contribution >= 4 is 23.0 Å². The van der Waals surface area contributed by atoms with Crippen LogP contribution in [0.15, 0.2) is 40.7 Å². The van der Waals surface area contributed by atoms with Crippen LogP contribution in [0.3, 0.4) is 0 Å². The fourth-order valence-corrected chi connectivity index (χ4v) is 6.00. The fourth-order valence-electron chi connectivity index (χ4n) is 5.17. The maximum Gasteiger partial charge on any atom is 0.195 e. The summed E-state index contributed by atoms with van der Waals surface area (Å²) in [6, 6.07) is 11.7. The van der Waals surface area contributed by atoms with Crippen LogP contribution in [0.1, 0.15) is 70.8 Å². The summed E-state index contributed by atoms with van der Waals surface area (Å²) in [6.45, 7) is 4.10. The van der Waals surface area contributed by atoms with Crippen molar-refractivity contribution in [1.29, 1.82) is 0 Å². The number of fused-ring (bicyclic) bond motifs is 1. The molecule has 1 aromatic heterocycles. The molecule has 6 rings (SSSR count). The molecule has 5 heteroatoms. The average Bonchev–Trinajstić information content (AvgIpc) is 3.59. The summed E-state index contributed by atoms with van der Waals surface area (Å²) >= 11 is 1.80. The summed E-state index contributed by atoms with van der Waals surface area (Å²) in [5.41, 5.74) is 10.9. The first kappa shape index (κ1) is 20.9. The van der Waals surface area contributed by atoms with Crippen molar-refractivity contribution in [2.75, 3.05) is 18.4 Å². The minimum absolute atomic E-state index is 0.697. The number of aromatic nitrogens is 1. The summed E-state index contributed by atoms with van der Waals surface area (Å²) in [5, 5.41) is 10.4. The third-order valence-corrected chi connectivity index (χ3v) is 8.04. The molecule has 3 aromatic rings. The molecule has 0 unspecified atom stereocenters. The molecular weight excluding hydrogens is 424 g/mol. The smallest absolute Gasteiger partial charge is 0.195 e. The van der Waals surface area contributed by atoms with Crippen LogP contribution in [0, 0.1) is 6.92 Å². The number of rotatable bonds is 5. The van der Waals surface area contributed by atoms with Gasteiger partial charge in [-0.1, -0.05) is 18.2 Å². The number of hydrogen-bond donors (Lipinski definition) is 2. The van der Waals surface area contributed by atoms with Gasteiger partial charge in [0.1, 0.15) is 0 Å². The molecule has 0 radical (unpaired) electrons. The molecule has 2 heterocycles. The SMILES string of the molecule is Cc1cc(Cc2nc(-c3ccc4c(c3)CCCC4)cs2)c(C2CC2)cc1NC1=NCCCN1. The van der Waals surface area contributed by atoms with E-state index in [4.69, 9.17) is 4.98 Å². The Kier molecular flexibility index (Phi) is 5.67. The second-order valence-electron chi connectivity index (χ2n) is 9.77. The van der Waals surface area contributed by atoms with Crippen LogP contribution in [0.25, 0.3) is 11.3 Å². The Morgan fingerprint density at radius 3 is 2.76 bits per heavy atom. The van der Waals surface area contributed by atoms with Crippen LogP contribution in [-0.2, 0) is 19.3 Å². The zero-order valence-corrected chi connectivity index (χ0v) is 20.2. The lowest BCUT2D eigenvalue weighted by atomic mass is 9.90. The topological polar surface area (TPSA) is 49.3 Å². The number of aliphatic imine (C=N–C) groups is 1. The van der Waals surface area contributed by atoms with Crippen molar-refractivity contribution < 1.29 is 0 Å². The van der Waals surface area contributed by atoms with Crippen LogP contribution >= 0.6 is 11.3 Å². The van der Waals surface area contributed by atoms with E-state index in [-0.39, 0.29) is 0 Å². The highest BCUT2D eigenvalue weighted by Gasteiger charge is 2.27. The van der Waals surface area contributed by atoms with Gasteiger partial charge < -0.3 is 10.6 Å². The molecule has 0 spiro atoms. The number of aryl methyl sites for hydroxylation is 3. The van der Waals surface area contributed by atoms with Crippen molar-refractivity contribution in [3.05, 3.63) is 68.5 Å². The standard InChI is InChI=1S/C28H32N4S/c1-18-13-23(24(20-8-9-20)16-25(18)32-28-29-11-4-12-30-28)15-27-31-26(17-33-27)22-10-7-19-5-2-3-6-21(19)14-22/h7,10,13-14,16-17,20H,2-6,8-9,11-12,15H2,1H3,(H2,29,30,32). The predicted octanol–water partition coefficient (Wildman–Crippen LogP) is 6.23. The number of benzene rings is 2. The summed E-state index contributed by atoms with van der Waals surface area (Å²) < 4.78 is 0. The number of thiazole rings is 1. The molecule has 0 saturated heterocycles. The maximum atomic E-state index is 5.07. The first-order valence-corrected chi connectivity index (χ1v) is 13.4. The lowest BCUT2D eigenvalue weighted by Crippen LogP contribution is -2.35. The van der Waals surface area contributed by atoms with Gasteiger partial charge in [0.15, 0.2) is 5.96 Å². The molecule has 0 bridgehead atoms. The average molecular weight is 457 g/mol. The van der Waals surface area contributed by atoms with E-state index in [9.17, 15) is 0 Å². The highest BCUT2D eigenvalue weighted by Crippen LogP contribution is 2.44. The Morgan fingerprint density at radius 1 is 1.06 bits per heavy atom. The minimum Gasteiger partial charge on any atom is -0.356 e. The van der Waals surface area contributed by atoms with Gasteiger partial charge in [-0.05, 0) is 97.7 Å². The van der Waals surface area contributed by atoms with E-state index in [1.807, 2.05) is 0 Å². The van der Waals surface area contributed by atoms with Gasteiger partial charge >= 0.3 is 0 Å². The third kappa shape index (κ3) is 4.56. The van der Waals surface area contributed by atoms with Crippen LogP contribution in [0.5, 0.6) is 0 Å². The fraction of sp³-hybridized carbons (Fsp3) is 0.429. The predicted molar refractivity (Wildman–Crippen MR) is 139 cm³/mol. The number of nitrogens with zero attached hydrogens (tertiary/aromatic N) is 2. The normalized spacial score (nSPS) is 17.8. The Labute approximate surface area is 200 Å². The van der Waals surface area contributed by atoms with Crippen molar-refractivity contribution in [2.45, 2.75) is 64.2 Å². The lowest BCUT2D eigenvalue weighted by molar-refractivity contribution is 0.686. The van der Waals surface area contributed by atoms with Gasteiger partial charge in [-0.2, -0.15) is 0 Å².